The Labute approximate surface area is 252 Å². The van der Waals surface area contributed by atoms with E-state index in [-0.39, 0.29) is 20.9 Å². The first-order chi connectivity index (χ1) is 20.3. The van der Waals surface area contributed by atoms with Crippen LogP contribution in [-0.4, -0.2) is 27.9 Å². The maximum absolute atomic E-state index is 13.7. The second-order valence-corrected chi connectivity index (χ2v) is 14.6. The monoisotopic (exact) mass is 698 g/mol. The lowest BCUT2D eigenvalue weighted by Crippen LogP contribution is -2.29. The number of rotatable bonds is 8. The maximum Gasteiger partial charge on any atom is 0.534 e. The van der Waals surface area contributed by atoms with Gasteiger partial charge in [0.1, 0.15) is 0 Å². The van der Waals surface area contributed by atoms with Crippen molar-refractivity contribution < 1.29 is 51.5 Å². The lowest BCUT2D eigenvalue weighted by molar-refractivity contribution is -0.0504. The van der Waals surface area contributed by atoms with Crippen molar-refractivity contribution in [2.75, 3.05) is 0 Å². The van der Waals surface area contributed by atoms with Gasteiger partial charge in [-0.25, -0.2) is 0 Å². The Bertz CT molecular complexity index is 2090. The zero-order valence-electron chi connectivity index (χ0n) is 22.0. The van der Waals surface area contributed by atoms with Crippen LogP contribution in [0, 0.1) is 0 Å². The molecule has 0 saturated heterocycles. The summed E-state index contributed by atoms with van der Waals surface area (Å²) in [4.78, 5) is 29.2. The van der Waals surface area contributed by atoms with E-state index in [1.165, 1.54) is 12.1 Å². The smallest absolute Gasteiger partial charge is 0.375 e. The molecule has 234 valence electrons. The van der Waals surface area contributed by atoms with E-state index in [2.05, 4.69) is 8.37 Å². The molecule has 0 spiro atoms. The summed E-state index contributed by atoms with van der Waals surface area (Å²) in [5, 5.41) is -3.81. The molecule has 0 fully saturated rings. The lowest BCUT2D eigenvalue weighted by atomic mass is 10.1. The molecule has 0 unspecified atom stereocenters. The fourth-order valence-corrected chi connectivity index (χ4v) is 7.33. The van der Waals surface area contributed by atoms with Gasteiger partial charge in [0.25, 0.3) is 0 Å². The third-order valence-electron chi connectivity index (χ3n) is 6.51. The Morgan fingerprint density at radius 3 is 1.25 bits per heavy atom. The second kappa shape index (κ2) is 10.6. The number of benzene rings is 1. The normalized spacial score (nSPS) is 13.3. The zero-order chi connectivity index (χ0) is 32.6. The van der Waals surface area contributed by atoms with Crippen LogP contribution in [0.5, 0.6) is 11.5 Å². The third-order valence-corrected chi connectivity index (χ3v) is 10.9. The Morgan fingerprint density at radius 2 is 0.977 bits per heavy atom. The summed E-state index contributed by atoms with van der Waals surface area (Å²) in [6.45, 7) is 3.54. The summed E-state index contributed by atoms with van der Waals surface area (Å²) in [6.07, 6.45) is 0.989. The van der Waals surface area contributed by atoms with Gasteiger partial charge in [-0.3, -0.25) is 9.59 Å². The fourth-order valence-electron chi connectivity index (χ4n) is 4.43. The van der Waals surface area contributed by atoms with Crippen molar-refractivity contribution in [1.29, 1.82) is 0 Å². The highest BCUT2D eigenvalue weighted by atomic mass is 32.2. The molecule has 0 aliphatic rings. The van der Waals surface area contributed by atoms with Crippen molar-refractivity contribution in [3.8, 4) is 32.4 Å². The van der Waals surface area contributed by atoms with Crippen LogP contribution in [0.2, 0.25) is 0 Å². The minimum absolute atomic E-state index is 0.172. The number of thiophene rings is 2. The molecule has 0 amide bonds. The molecule has 0 atom stereocenters. The standard InChI is InChI=1S/C26H16F6O8S4/c1-3-11-5-7-17(41-11)13-9-15-19(21(13)33)24(40-44(37,38)26(30,31)32)16-10-14(18-8-6-12(4-2)42-18)22(34)20(16)23(15)39-43(35,36)25(27,28)29/h5-10H,3-4H2,1-2H3. The summed E-state index contributed by atoms with van der Waals surface area (Å²) >= 11 is 2.07. The predicted molar refractivity (Wildman–Crippen MR) is 153 cm³/mol. The third kappa shape index (κ3) is 5.16. The average Bonchev–Trinajstić information content (AvgIpc) is 3.70. The molecule has 0 radical (unpaired) electrons. The molecule has 0 N–H and O–H groups in total. The van der Waals surface area contributed by atoms with Crippen LogP contribution in [0.15, 0.2) is 46.0 Å². The molecule has 18 heteroatoms. The van der Waals surface area contributed by atoms with Crippen LogP contribution >= 0.6 is 22.7 Å². The first-order valence-corrected chi connectivity index (χ1v) is 16.7. The molecular formula is C26H16F6O8S4. The van der Waals surface area contributed by atoms with E-state index in [0.29, 0.717) is 12.8 Å². The Balaban J connectivity index is 1.98. The molecule has 44 heavy (non-hydrogen) atoms. The van der Waals surface area contributed by atoms with Gasteiger partial charge in [0.05, 0.1) is 10.8 Å². The molecular weight excluding hydrogens is 683 g/mol. The number of alkyl halides is 6. The lowest BCUT2D eigenvalue weighted by Gasteiger charge is -2.15. The number of fused-ring (bicyclic) bond motifs is 2. The molecule has 0 aliphatic carbocycles. The van der Waals surface area contributed by atoms with Gasteiger partial charge in [0.2, 0.25) is 0 Å². The Morgan fingerprint density at radius 1 is 0.636 bits per heavy atom. The predicted octanol–water partition coefficient (Wildman–Crippen LogP) is 6.63. The SMILES string of the molecule is CCc1ccc(-c2cc3c(OS(=O)(=O)C(F)(F)F)c4c(=O)c(-c5ccc(CC)s5)cc4c(OS(=O)(=O)C(F)(F)F)c3c2=O)s1. The van der Waals surface area contributed by atoms with Gasteiger partial charge >= 0.3 is 31.3 Å². The maximum atomic E-state index is 13.7. The first-order valence-electron chi connectivity index (χ1n) is 12.3. The van der Waals surface area contributed by atoms with Crippen molar-refractivity contribution in [2.45, 2.75) is 37.7 Å². The summed E-state index contributed by atoms with van der Waals surface area (Å²) in [6, 6.07) is 7.69. The topological polar surface area (TPSA) is 121 Å². The highest BCUT2D eigenvalue weighted by molar-refractivity contribution is 7.88. The molecule has 0 saturated carbocycles. The number of hydrogen-bond donors (Lipinski definition) is 0. The summed E-state index contributed by atoms with van der Waals surface area (Å²) in [5.41, 5.74) is -15.1. The largest absolute Gasteiger partial charge is 0.534 e. The number of halogens is 6. The summed E-state index contributed by atoms with van der Waals surface area (Å²) in [5.74, 6) is -2.63. The van der Waals surface area contributed by atoms with E-state index in [1.54, 1.807) is 26.0 Å². The molecule has 0 aliphatic heterocycles. The zero-order valence-corrected chi connectivity index (χ0v) is 25.3. The van der Waals surface area contributed by atoms with Gasteiger partial charge in [-0.05, 0) is 49.2 Å². The highest BCUT2D eigenvalue weighted by Gasteiger charge is 2.51. The molecule has 8 nitrogen and oxygen atoms in total. The van der Waals surface area contributed by atoms with E-state index in [4.69, 9.17) is 0 Å². The molecule has 2 aromatic heterocycles. The molecule has 3 aromatic carbocycles. The van der Waals surface area contributed by atoms with Crippen LogP contribution in [-0.2, 0) is 33.1 Å². The van der Waals surface area contributed by atoms with E-state index < -0.39 is 75.2 Å². The van der Waals surface area contributed by atoms with Crippen LogP contribution in [0.4, 0.5) is 26.3 Å². The highest BCUT2D eigenvalue weighted by Crippen LogP contribution is 2.47. The van der Waals surface area contributed by atoms with Crippen molar-refractivity contribution in [3.05, 3.63) is 66.6 Å². The first kappa shape index (κ1) is 31.9. The summed E-state index contributed by atoms with van der Waals surface area (Å²) in [7, 11) is -13.0. The van der Waals surface area contributed by atoms with Crippen molar-refractivity contribution in [3.63, 3.8) is 0 Å². The van der Waals surface area contributed by atoms with Crippen LogP contribution in [0.1, 0.15) is 23.6 Å². The van der Waals surface area contributed by atoms with Crippen molar-refractivity contribution in [1.82, 2.24) is 0 Å². The Hall–Kier alpha value is -3.48. The fraction of sp³-hybridized carbons (Fsp3) is 0.231. The van der Waals surface area contributed by atoms with Gasteiger partial charge in [-0.2, -0.15) is 43.2 Å². The summed E-state index contributed by atoms with van der Waals surface area (Å²) < 4.78 is 138. The van der Waals surface area contributed by atoms with Crippen LogP contribution in [0.25, 0.3) is 42.4 Å². The van der Waals surface area contributed by atoms with Crippen molar-refractivity contribution in [2.24, 2.45) is 0 Å². The van der Waals surface area contributed by atoms with Gasteiger partial charge in [0, 0.05) is 41.4 Å². The van der Waals surface area contributed by atoms with E-state index in [1.807, 2.05) is 0 Å². The average molecular weight is 699 g/mol. The van der Waals surface area contributed by atoms with Gasteiger partial charge < -0.3 is 8.37 Å². The molecule has 0 bridgehead atoms. The molecule has 5 aromatic rings. The molecule has 2 heterocycles. The van der Waals surface area contributed by atoms with Gasteiger partial charge in [0.15, 0.2) is 22.4 Å². The minimum atomic E-state index is -6.52. The van der Waals surface area contributed by atoms with Crippen LogP contribution < -0.4 is 19.2 Å². The van der Waals surface area contributed by atoms with Gasteiger partial charge in [-0.1, -0.05) is 13.8 Å². The number of aryl methyl sites for hydroxylation is 2. The van der Waals surface area contributed by atoms with Crippen molar-refractivity contribution >= 4 is 64.5 Å². The van der Waals surface area contributed by atoms with E-state index in [0.717, 1.165) is 44.6 Å². The quantitative estimate of drug-likeness (QED) is 0.101. The molecule has 5 rings (SSSR count). The van der Waals surface area contributed by atoms with E-state index >= 15 is 0 Å². The van der Waals surface area contributed by atoms with Crippen LogP contribution in [0.3, 0.4) is 0 Å². The van der Waals surface area contributed by atoms with Gasteiger partial charge in [-0.15, -0.1) is 22.7 Å². The number of hydrogen-bond acceptors (Lipinski definition) is 10. The minimum Gasteiger partial charge on any atom is -0.375 e. The second-order valence-electron chi connectivity index (χ2n) is 9.22. The Kier molecular flexibility index (Phi) is 7.66. The van der Waals surface area contributed by atoms with E-state index in [9.17, 15) is 52.8 Å².